The first-order valence-corrected chi connectivity index (χ1v) is 13.7. The Morgan fingerprint density at radius 1 is 1.18 bits per heavy atom. The molecule has 0 spiro atoms. The van der Waals surface area contributed by atoms with Gasteiger partial charge in [0, 0.05) is 24.6 Å². The predicted molar refractivity (Wildman–Crippen MR) is 140 cm³/mol. The van der Waals surface area contributed by atoms with Crippen LogP contribution in [0.15, 0.2) is 24.3 Å². The van der Waals surface area contributed by atoms with Crippen LogP contribution in [0, 0.1) is 17.8 Å². The lowest BCUT2D eigenvalue weighted by Crippen LogP contribution is -2.34. The monoisotopic (exact) mass is 511 g/mol. The third-order valence-corrected chi connectivity index (χ3v) is 6.46. The molecule has 0 unspecified atom stereocenters. The molecule has 0 aliphatic heterocycles. The summed E-state index contributed by atoms with van der Waals surface area (Å²) in [5, 5.41) is 8.53. The van der Waals surface area contributed by atoms with Crippen molar-refractivity contribution in [3.63, 3.8) is 0 Å². The molecule has 0 aliphatic carbocycles. The molecule has 1 aromatic carbocycles. The first kappa shape index (κ1) is 30.1. The summed E-state index contributed by atoms with van der Waals surface area (Å²) in [6.07, 6.45) is 1.96. The summed E-state index contributed by atoms with van der Waals surface area (Å²) < 4.78 is 17.3. The van der Waals surface area contributed by atoms with Crippen molar-refractivity contribution < 1.29 is 23.8 Å². The van der Waals surface area contributed by atoms with Crippen molar-refractivity contribution in [3.8, 4) is 17.6 Å². The fourth-order valence-electron chi connectivity index (χ4n) is 2.54. The second-order valence-electron chi connectivity index (χ2n) is 7.71. The maximum Gasteiger partial charge on any atom is 0.251 e. The van der Waals surface area contributed by atoms with Gasteiger partial charge in [0.05, 0.1) is 19.8 Å². The lowest BCUT2D eigenvalue weighted by atomic mass is 10.2. The van der Waals surface area contributed by atoms with Gasteiger partial charge >= 0.3 is 0 Å². The van der Waals surface area contributed by atoms with Crippen molar-refractivity contribution in [2.75, 3.05) is 59.4 Å². The quantitative estimate of drug-likeness (QED) is 0.135. The molecule has 0 aliphatic rings. The molecular formula is C24H37N3O5S2. The maximum atomic E-state index is 12.3. The number of benzene rings is 1. The van der Waals surface area contributed by atoms with Crippen molar-refractivity contribution in [2.45, 2.75) is 25.7 Å². The van der Waals surface area contributed by atoms with Gasteiger partial charge in [-0.05, 0) is 38.4 Å². The van der Waals surface area contributed by atoms with Crippen LogP contribution in [0.5, 0.6) is 5.75 Å². The van der Waals surface area contributed by atoms with Gasteiger partial charge in [0.15, 0.2) is 4.93 Å². The number of ether oxygens (including phenoxy) is 3. The lowest BCUT2D eigenvalue weighted by molar-refractivity contribution is -0.126. The molecule has 0 fully saturated rings. The zero-order valence-corrected chi connectivity index (χ0v) is 22.3. The van der Waals surface area contributed by atoms with E-state index in [0.29, 0.717) is 37.6 Å². The topological polar surface area (TPSA) is 97.9 Å². The van der Waals surface area contributed by atoms with Gasteiger partial charge in [-0.15, -0.1) is 0 Å². The first-order valence-electron chi connectivity index (χ1n) is 11.1. The fraction of sp³-hybridized carbons (Fsp3) is 0.583. The summed E-state index contributed by atoms with van der Waals surface area (Å²) >= 11 is 0. The van der Waals surface area contributed by atoms with Gasteiger partial charge in [0.1, 0.15) is 19.0 Å². The third kappa shape index (κ3) is 13.7. The number of nitrogens with one attached hydrogen (secondary N) is 3. The van der Waals surface area contributed by atoms with Crippen molar-refractivity contribution in [1.29, 1.82) is 0 Å². The van der Waals surface area contributed by atoms with Crippen molar-refractivity contribution in [3.05, 3.63) is 29.8 Å². The Morgan fingerprint density at radius 3 is 2.68 bits per heavy atom. The Balaban J connectivity index is 2.43. The molecule has 190 valence electrons. The molecule has 8 nitrogen and oxygen atoms in total. The molecule has 0 saturated heterocycles. The third-order valence-electron chi connectivity index (χ3n) is 4.15. The molecule has 0 aromatic heterocycles. The Hall–Kier alpha value is -1.90. The number of likely N-dealkylation sites (N-methyl/N-ethyl adjacent to an activating group) is 1. The summed E-state index contributed by atoms with van der Waals surface area (Å²) in [6, 6.07) is 7.06. The molecule has 10 heteroatoms. The van der Waals surface area contributed by atoms with Crippen LogP contribution in [0.1, 0.15) is 31.1 Å². The molecule has 2 amide bonds. The molecule has 1 atom stereocenters. The van der Waals surface area contributed by atoms with E-state index in [1.165, 1.54) is 10.8 Å². The van der Waals surface area contributed by atoms with Crippen LogP contribution in [0.2, 0.25) is 0 Å². The van der Waals surface area contributed by atoms with E-state index in [1.54, 1.807) is 29.0 Å². The maximum absolute atomic E-state index is 12.3. The molecule has 0 heterocycles. The van der Waals surface area contributed by atoms with Crippen LogP contribution >= 0.6 is 21.6 Å². The smallest absolute Gasteiger partial charge is 0.251 e. The summed E-state index contributed by atoms with van der Waals surface area (Å²) in [6.45, 7) is 8.30. The van der Waals surface area contributed by atoms with Crippen molar-refractivity contribution in [1.82, 2.24) is 16.0 Å². The normalized spacial score (nSPS) is 12.4. The van der Waals surface area contributed by atoms with Crippen molar-refractivity contribution >= 4 is 33.4 Å². The number of carbonyl (C=O) groups excluding carboxylic acids is 2. The van der Waals surface area contributed by atoms with Crippen LogP contribution in [0.4, 0.5) is 0 Å². The highest BCUT2D eigenvalue weighted by Crippen LogP contribution is 2.35. The first-order chi connectivity index (χ1) is 16.3. The van der Waals surface area contributed by atoms with E-state index in [1.807, 2.05) is 40.1 Å². The van der Waals surface area contributed by atoms with Gasteiger partial charge in [-0.1, -0.05) is 53.3 Å². The van der Waals surface area contributed by atoms with Gasteiger partial charge in [-0.3, -0.25) is 9.59 Å². The van der Waals surface area contributed by atoms with E-state index >= 15 is 0 Å². The lowest BCUT2D eigenvalue weighted by Gasteiger charge is -2.28. The van der Waals surface area contributed by atoms with E-state index < -0.39 is 4.93 Å². The summed E-state index contributed by atoms with van der Waals surface area (Å²) in [7, 11) is 4.94. The highest BCUT2D eigenvalue weighted by molar-refractivity contribution is 8.76. The number of carbonyl (C=O) groups is 2. The van der Waals surface area contributed by atoms with E-state index in [2.05, 4.69) is 27.8 Å². The van der Waals surface area contributed by atoms with Gasteiger partial charge in [0.25, 0.3) is 5.91 Å². The minimum absolute atomic E-state index is 0.0429. The highest BCUT2D eigenvalue weighted by atomic mass is 33.1. The Labute approximate surface area is 211 Å². The van der Waals surface area contributed by atoms with Gasteiger partial charge in [-0.25, -0.2) is 0 Å². The molecule has 0 saturated carbocycles. The molecule has 1 aromatic rings. The zero-order valence-electron chi connectivity index (χ0n) is 20.7. The van der Waals surface area contributed by atoms with Gasteiger partial charge < -0.3 is 30.2 Å². The average molecular weight is 512 g/mol. The summed E-state index contributed by atoms with van der Waals surface area (Å²) in [5.74, 6) is 6.39. The van der Waals surface area contributed by atoms with Gasteiger partial charge in [-0.2, -0.15) is 0 Å². The summed E-state index contributed by atoms with van der Waals surface area (Å²) in [4.78, 5) is 23.4. The van der Waals surface area contributed by atoms with Crippen molar-refractivity contribution in [2.24, 2.45) is 5.92 Å². The number of amides is 2. The number of rotatable bonds is 16. The second kappa shape index (κ2) is 17.5. The van der Waals surface area contributed by atoms with Crippen LogP contribution in [-0.2, 0) is 14.3 Å². The van der Waals surface area contributed by atoms with Crippen LogP contribution in [0.25, 0.3) is 0 Å². The SMILES string of the molecule is CNCCNC(=O)c1cccc(OC[C@](C)(OCCOCC(=O)NCC#CC(C)C)SSC)c1. The molecule has 3 N–H and O–H groups in total. The molecule has 1 rings (SSSR count). The standard InChI is InChI=1S/C24H37N3O5S2/c1-19(2)8-7-11-26-22(28)17-30-14-15-32-24(3,34-33-5)18-31-21-10-6-9-20(16-21)23(29)27-13-12-25-4/h6,9-10,16,19,25H,11-15,17-18H2,1-5H3,(H,26,28)(H,27,29)/t24-/m1/s1. The minimum atomic E-state index is -0.636. The summed E-state index contributed by atoms with van der Waals surface area (Å²) in [5.41, 5.74) is 0.538. The Bertz CT molecular complexity index is 813. The molecule has 0 bridgehead atoms. The fourth-order valence-corrected chi connectivity index (χ4v) is 4.48. The molecule has 0 radical (unpaired) electrons. The van der Waals surface area contributed by atoms with Crippen LogP contribution in [0.3, 0.4) is 0 Å². The predicted octanol–water partition coefficient (Wildman–Crippen LogP) is 2.55. The van der Waals surface area contributed by atoms with E-state index in [4.69, 9.17) is 14.2 Å². The Morgan fingerprint density at radius 2 is 1.97 bits per heavy atom. The Kier molecular flexibility index (Phi) is 15.5. The van der Waals surface area contributed by atoms with E-state index in [0.717, 1.165) is 0 Å². The highest BCUT2D eigenvalue weighted by Gasteiger charge is 2.27. The number of hydrogen-bond acceptors (Lipinski definition) is 8. The average Bonchev–Trinajstić information content (AvgIpc) is 2.81. The van der Waals surface area contributed by atoms with Crippen LogP contribution < -0.4 is 20.7 Å². The number of hydrogen-bond donors (Lipinski definition) is 3. The second-order valence-corrected chi connectivity index (χ2v) is 10.6. The van der Waals surface area contributed by atoms with E-state index in [-0.39, 0.29) is 37.6 Å². The minimum Gasteiger partial charge on any atom is -0.490 e. The van der Waals surface area contributed by atoms with E-state index in [9.17, 15) is 9.59 Å². The van der Waals surface area contributed by atoms with Gasteiger partial charge in [0.2, 0.25) is 5.91 Å². The van der Waals surface area contributed by atoms with Crippen LogP contribution in [-0.4, -0.2) is 76.1 Å². The molecular weight excluding hydrogens is 474 g/mol. The zero-order chi connectivity index (χ0) is 25.2. The molecule has 34 heavy (non-hydrogen) atoms. The largest absolute Gasteiger partial charge is 0.490 e.